The molecule has 0 aliphatic rings. The number of hydrogen-bond acceptors (Lipinski definition) is 3. The van der Waals surface area contributed by atoms with Gasteiger partial charge in [0.1, 0.15) is 0 Å². The van der Waals surface area contributed by atoms with E-state index in [0.29, 0.717) is 4.99 Å². The third-order valence-electron chi connectivity index (χ3n) is 2.37. The second kappa shape index (κ2) is 7.35. The van der Waals surface area contributed by atoms with Gasteiger partial charge in [0.05, 0.1) is 11.3 Å². The molecule has 0 atom stereocenters. The summed E-state index contributed by atoms with van der Waals surface area (Å²) in [6, 6.07) is 0. The zero-order valence-corrected chi connectivity index (χ0v) is 10.6. The number of aryl methyl sites for hydroxylation is 1. The molecule has 0 saturated heterocycles. The van der Waals surface area contributed by atoms with Crippen molar-refractivity contribution in [3.63, 3.8) is 0 Å². The summed E-state index contributed by atoms with van der Waals surface area (Å²) in [5, 5.41) is 0. The van der Waals surface area contributed by atoms with E-state index in [1.54, 1.807) is 6.20 Å². The van der Waals surface area contributed by atoms with Crippen molar-refractivity contribution in [1.29, 1.82) is 0 Å². The lowest BCUT2D eigenvalue weighted by molar-refractivity contribution is 0.301. The van der Waals surface area contributed by atoms with Crippen molar-refractivity contribution in [2.75, 3.05) is 19.6 Å². The minimum atomic E-state index is 0.580. The second-order valence-electron chi connectivity index (χ2n) is 3.90. The number of imidazole rings is 1. The first-order chi connectivity index (χ1) is 7.72. The van der Waals surface area contributed by atoms with Crippen LogP contribution in [0.2, 0.25) is 0 Å². The lowest BCUT2D eigenvalue weighted by Crippen LogP contribution is -2.34. The molecule has 1 rings (SSSR count). The fourth-order valence-corrected chi connectivity index (χ4v) is 1.88. The molecule has 5 heteroatoms. The summed E-state index contributed by atoms with van der Waals surface area (Å²) >= 11 is 4.94. The Balaban J connectivity index is 2.23. The Morgan fingerprint density at radius 2 is 2.31 bits per heavy atom. The molecule has 0 unspecified atom stereocenters. The van der Waals surface area contributed by atoms with Gasteiger partial charge in [-0.05, 0) is 19.4 Å². The molecule has 4 nitrogen and oxygen atoms in total. The molecule has 0 radical (unpaired) electrons. The molecule has 0 spiro atoms. The first-order valence-corrected chi connectivity index (χ1v) is 6.09. The number of thiocarbonyl (C=S) groups is 1. The van der Waals surface area contributed by atoms with Crippen LogP contribution in [0.1, 0.15) is 19.8 Å². The van der Waals surface area contributed by atoms with E-state index in [1.165, 1.54) is 0 Å². The third kappa shape index (κ3) is 5.23. The summed E-state index contributed by atoms with van der Waals surface area (Å²) in [5.74, 6) is 0. The molecule has 2 N–H and O–H groups in total. The van der Waals surface area contributed by atoms with E-state index >= 15 is 0 Å². The van der Waals surface area contributed by atoms with Crippen molar-refractivity contribution in [3.05, 3.63) is 18.7 Å². The molecular formula is C11H20N4S. The van der Waals surface area contributed by atoms with Crippen molar-refractivity contribution in [3.8, 4) is 0 Å². The van der Waals surface area contributed by atoms with E-state index in [2.05, 4.69) is 21.4 Å². The van der Waals surface area contributed by atoms with Gasteiger partial charge < -0.3 is 10.3 Å². The van der Waals surface area contributed by atoms with E-state index in [1.807, 2.05) is 12.5 Å². The number of hydrogen-bond donors (Lipinski definition) is 1. The van der Waals surface area contributed by atoms with E-state index in [9.17, 15) is 0 Å². The van der Waals surface area contributed by atoms with Gasteiger partial charge in [0.2, 0.25) is 0 Å². The topological polar surface area (TPSA) is 47.1 Å². The normalized spacial score (nSPS) is 10.9. The molecule has 0 aliphatic carbocycles. The van der Waals surface area contributed by atoms with Gasteiger partial charge in [-0.1, -0.05) is 19.1 Å². The van der Waals surface area contributed by atoms with Crippen LogP contribution in [-0.2, 0) is 6.54 Å². The largest absolute Gasteiger partial charge is 0.392 e. The highest BCUT2D eigenvalue weighted by atomic mass is 32.1. The Bertz CT molecular complexity index is 297. The first-order valence-electron chi connectivity index (χ1n) is 5.68. The van der Waals surface area contributed by atoms with Gasteiger partial charge in [0.15, 0.2) is 0 Å². The molecule has 1 aromatic rings. The lowest BCUT2D eigenvalue weighted by Gasteiger charge is -2.20. The quantitative estimate of drug-likeness (QED) is 0.695. The second-order valence-corrected chi connectivity index (χ2v) is 4.42. The predicted octanol–water partition coefficient (Wildman–Crippen LogP) is 1.27. The van der Waals surface area contributed by atoms with Gasteiger partial charge in [0, 0.05) is 32.0 Å². The van der Waals surface area contributed by atoms with Crippen LogP contribution in [0.4, 0.5) is 0 Å². The number of rotatable bonds is 8. The molecule has 1 heterocycles. The minimum Gasteiger partial charge on any atom is -0.392 e. The highest BCUT2D eigenvalue weighted by Gasteiger charge is 2.04. The molecule has 90 valence electrons. The van der Waals surface area contributed by atoms with Crippen LogP contribution in [0.25, 0.3) is 0 Å². The summed E-state index contributed by atoms with van der Waals surface area (Å²) < 4.78 is 2.09. The van der Waals surface area contributed by atoms with Crippen LogP contribution in [0, 0.1) is 0 Å². The van der Waals surface area contributed by atoms with Gasteiger partial charge in [-0.3, -0.25) is 4.90 Å². The average Bonchev–Trinajstić information content (AvgIpc) is 2.70. The molecule has 0 aliphatic heterocycles. The summed E-state index contributed by atoms with van der Waals surface area (Å²) in [4.78, 5) is 6.90. The Morgan fingerprint density at radius 3 is 2.88 bits per heavy atom. The smallest absolute Gasteiger partial charge is 0.0945 e. The number of nitrogens with zero attached hydrogens (tertiary/aromatic N) is 3. The van der Waals surface area contributed by atoms with Crippen molar-refractivity contribution in [2.24, 2.45) is 5.73 Å². The van der Waals surface area contributed by atoms with Gasteiger partial charge in [-0.25, -0.2) is 4.98 Å². The molecule has 0 saturated carbocycles. The monoisotopic (exact) mass is 240 g/mol. The fraction of sp³-hybridized carbons (Fsp3) is 0.636. The standard InChI is InChI=1S/C11H20N4S/c1-2-5-14(9-11(12)16)6-3-7-15-8-4-13-10-15/h4,8,10H,2-3,5-7,9H2,1H3,(H2,12,16). The maximum absolute atomic E-state index is 5.56. The number of aromatic nitrogens is 2. The Hall–Kier alpha value is -0.940. The van der Waals surface area contributed by atoms with E-state index in [-0.39, 0.29) is 0 Å². The van der Waals surface area contributed by atoms with Gasteiger partial charge in [0.25, 0.3) is 0 Å². The molecule has 1 aromatic heterocycles. The highest BCUT2D eigenvalue weighted by Crippen LogP contribution is 1.97. The third-order valence-corrected chi connectivity index (χ3v) is 2.50. The molecule has 16 heavy (non-hydrogen) atoms. The molecule has 0 amide bonds. The molecule has 0 fully saturated rings. The van der Waals surface area contributed by atoms with Gasteiger partial charge in [-0.15, -0.1) is 0 Å². The van der Waals surface area contributed by atoms with Gasteiger partial charge >= 0.3 is 0 Å². The minimum absolute atomic E-state index is 0.580. The summed E-state index contributed by atoms with van der Waals surface area (Å²) in [6.45, 7) is 5.98. The van der Waals surface area contributed by atoms with E-state index < -0.39 is 0 Å². The lowest BCUT2D eigenvalue weighted by atomic mass is 10.3. The highest BCUT2D eigenvalue weighted by molar-refractivity contribution is 7.80. The van der Waals surface area contributed by atoms with Crippen LogP contribution in [0.5, 0.6) is 0 Å². The maximum atomic E-state index is 5.56. The average molecular weight is 240 g/mol. The molecule has 0 bridgehead atoms. The van der Waals surface area contributed by atoms with Crippen LogP contribution in [0.3, 0.4) is 0 Å². The Morgan fingerprint density at radius 1 is 1.50 bits per heavy atom. The Kier molecular flexibility index (Phi) is 6.03. The zero-order valence-electron chi connectivity index (χ0n) is 9.80. The van der Waals surface area contributed by atoms with Crippen molar-refractivity contribution in [1.82, 2.24) is 14.5 Å². The first kappa shape index (κ1) is 13.1. The fourth-order valence-electron chi connectivity index (χ4n) is 1.70. The van der Waals surface area contributed by atoms with Crippen LogP contribution in [0.15, 0.2) is 18.7 Å². The predicted molar refractivity (Wildman–Crippen MR) is 70.4 cm³/mol. The van der Waals surface area contributed by atoms with Crippen LogP contribution < -0.4 is 5.73 Å². The number of nitrogens with two attached hydrogens (primary N) is 1. The zero-order chi connectivity index (χ0) is 11.8. The maximum Gasteiger partial charge on any atom is 0.0945 e. The molecular weight excluding hydrogens is 220 g/mol. The summed E-state index contributed by atoms with van der Waals surface area (Å²) in [7, 11) is 0. The Labute approximate surface area is 102 Å². The SMILES string of the molecule is CCCN(CCCn1ccnc1)CC(N)=S. The van der Waals surface area contributed by atoms with E-state index in [0.717, 1.165) is 39.0 Å². The van der Waals surface area contributed by atoms with Gasteiger partial charge in [-0.2, -0.15) is 0 Å². The van der Waals surface area contributed by atoms with Crippen molar-refractivity contribution < 1.29 is 0 Å². The molecule has 0 aromatic carbocycles. The van der Waals surface area contributed by atoms with Crippen LogP contribution in [-0.4, -0.2) is 39.1 Å². The summed E-state index contributed by atoms with van der Waals surface area (Å²) in [5.41, 5.74) is 5.56. The van der Waals surface area contributed by atoms with Crippen LogP contribution >= 0.6 is 12.2 Å². The van der Waals surface area contributed by atoms with Crippen molar-refractivity contribution >= 4 is 17.2 Å². The van der Waals surface area contributed by atoms with E-state index in [4.69, 9.17) is 18.0 Å². The van der Waals surface area contributed by atoms with Crippen molar-refractivity contribution in [2.45, 2.75) is 26.3 Å². The summed E-state index contributed by atoms with van der Waals surface area (Å²) in [6.07, 6.45) is 7.86.